The van der Waals surface area contributed by atoms with Crippen LogP contribution >= 0.6 is 0 Å². The van der Waals surface area contributed by atoms with Crippen LogP contribution in [0, 0.1) is 5.92 Å². The molecule has 2 amide bonds. The molecule has 1 aliphatic carbocycles. The van der Waals surface area contributed by atoms with E-state index in [9.17, 15) is 23.1 Å². The molecule has 0 aromatic carbocycles. The first kappa shape index (κ1) is 13.5. The predicted molar refractivity (Wildman–Crippen MR) is 57.9 cm³/mol. The van der Waals surface area contributed by atoms with E-state index in [1.165, 1.54) is 4.90 Å². The maximum Gasteiger partial charge on any atom is 0.417 e. The summed E-state index contributed by atoms with van der Waals surface area (Å²) in [6.45, 7) is 0.470. The molecule has 0 spiro atoms. The molecule has 2 N–H and O–H groups in total. The number of amides is 2. The molecule has 2 aliphatic rings. The third-order valence-corrected chi connectivity index (χ3v) is 3.64. The smallest absolute Gasteiger partial charge is 0.380 e. The highest BCUT2D eigenvalue weighted by Crippen LogP contribution is 2.38. The molecule has 0 atom stereocenters. The number of alkyl halides is 3. The van der Waals surface area contributed by atoms with Crippen LogP contribution in [0.5, 0.6) is 0 Å². The Morgan fingerprint density at radius 2 is 1.89 bits per heavy atom. The van der Waals surface area contributed by atoms with Gasteiger partial charge in [0.1, 0.15) is 0 Å². The number of hydrogen-bond donors (Lipinski definition) is 2. The van der Waals surface area contributed by atoms with Gasteiger partial charge in [0.15, 0.2) is 5.60 Å². The molecule has 0 aromatic rings. The van der Waals surface area contributed by atoms with E-state index in [2.05, 4.69) is 5.32 Å². The number of urea groups is 1. The quantitative estimate of drug-likeness (QED) is 0.795. The average Bonchev–Trinajstić information content (AvgIpc) is 3.09. The lowest BCUT2D eigenvalue weighted by Crippen LogP contribution is -2.55. The fraction of sp³-hybridized carbons (Fsp3) is 0.909. The molecule has 1 saturated heterocycles. The lowest BCUT2D eigenvalue weighted by Gasteiger charge is -2.39. The fourth-order valence-corrected chi connectivity index (χ4v) is 2.03. The highest BCUT2D eigenvalue weighted by atomic mass is 19.4. The monoisotopic (exact) mass is 266 g/mol. The second-order valence-electron chi connectivity index (χ2n) is 5.15. The molecule has 0 aromatic heterocycles. The van der Waals surface area contributed by atoms with Gasteiger partial charge in [-0.2, -0.15) is 13.2 Å². The van der Waals surface area contributed by atoms with E-state index >= 15 is 0 Å². The molecule has 18 heavy (non-hydrogen) atoms. The van der Waals surface area contributed by atoms with Crippen LogP contribution in [-0.4, -0.2) is 47.4 Å². The first-order chi connectivity index (χ1) is 8.32. The number of hydrogen-bond acceptors (Lipinski definition) is 2. The second-order valence-corrected chi connectivity index (χ2v) is 5.15. The van der Waals surface area contributed by atoms with Crippen molar-refractivity contribution in [3.8, 4) is 0 Å². The maximum absolute atomic E-state index is 12.5. The third kappa shape index (κ3) is 2.88. The number of nitrogens with one attached hydrogen (secondary N) is 1. The number of carbonyl (C=O) groups is 1. The van der Waals surface area contributed by atoms with Crippen LogP contribution in [0.15, 0.2) is 0 Å². The minimum Gasteiger partial charge on any atom is -0.380 e. The molecule has 1 saturated carbocycles. The predicted octanol–water partition coefficient (Wildman–Crippen LogP) is 1.50. The summed E-state index contributed by atoms with van der Waals surface area (Å²) in [4.78, 5) is 13.0. The lowest BCUT2D eigenvalue weighted by molar-refractivity contribution is -0.271. The van der Waals surface area contributed by atoms with E-state index in [-0.39, 0.29) is 19.1 Å². The fourth-order valence-electron chi connectivity index (χ4n) is 2.03. The maximum atomic E-state index is 12.5. The summed E-state index contributed by atoms with van der Waals surface area (Å²) in [5, 5.41) is 12.2. The van der Waals surface area contributed by atoms with Crippen molar-refractivity contribution in [2.75, 3.05) is 19.6 Å². The Labute approximate surface area is 103 Å². The number of carbonyl (C=O) groups excluding carboxylic acids is 1. The van der Waals surface area contributed by atoms with Gasteiger partial charge in [-0.25, -0.2) is 4.79 Å². The van der Waals surface area contributed by atoms with Crippen molar-refractivity contribution in [1.82, 2.24) is 10.2 Å². The van der Waals surface area contributed by atoms with E-state index < -0.39 is 24.6 Å². The normalized spacial score (nSPS) is 23.9. The van der Waals surface area contributed by atoms with Gasteiger partial charge in [-0.05, 0) is 18.8 Å². The Morgan fingerprint density at radius 3 is 2.33 bits per heavy atom. The molecule has 104 valence electrons. The number of piperidine rings is 1. The average molecular weight is 266 g/mol. The highest BCUT2D eigenvalue weighted by molar-refractivity contribution is 5.74. The van der Waals surface area contributed by atoms with E-state index in [0.717, 1.165) is 12.8 Å². The van der Waals surface area contributed by atoms with Gasteiger partial charge in [0, 0.05) is 32.5 Å². The molecule has 0 bridgehead atoms. The minimum absolute atomic E-state index is 0.0630. The Balaban J connectivity index is 1.80. The standard InChI is InChI=1S/C11H17F3N2O2/c12-11(13,14)10(18)3-5-16(6-4-10)9(17)15-7-8-1-2-8/h8,18H,1-7H2,(H,15,17). The Kier molecular flexibility index (Phi) is 3.44. The molecular weight excluding hydrogens is 249 g/mol. The molecule has 2 fully saturated rings. The molecule has 1 aliphatic heterocycles. The van der Waals surface area contributed by atoms with Crippen molar-refractivity contribution in [2.24, 2.45) is 5.92 Å². The summed E-state index contributed by atoms with van der Waals surface area (Å²) in [7, 11) is 0. The van der Waals surface area contributed by atoms with Gasteiger partial charge < -0.3 is 15.3 Å². The van der Waals surface area contributed by atoms with Gasteiger partial charge in [-0.3, -0.25) is 0 Å². The minimum atomic E-state index is -4.62. The van der Waals surface area contributed by atoms with Crippen LogP contribution in [0.25, 0.3) is 0 Å². The number of likely N-dealkylation sites (tertiary alicyclic amines) is 1. The van der Waals surface area contributed by atoms with Crippen LogP contribution in [-0.2, 0) is 0 Å². The number of rotatable bonds is 2. The van der Waals surface area contributed by atoms with Gasteiger partial charge in [-0.15, -0.1) is 0 Å². The second kappa shape index (κ2) is 4.60. The van der Waals surface area contributed by atoms with Crippen LogP contribution in [0.3, 0.4) is 0 Å². The number of aliphatic hydroxyl groups is 1. The molecule has 4 nitrogen and oxygen atoms in total. The summed E-state index contributed by atoms with van der Waals surface area (Å²) in [5.41, 5.74) is -2.64. The van der Waals surface area contributed by atoms with Crippen LogP contribution in [0.1, 0.15) is 25.7 Å². The molecular formula is C11H17F3N2O2. The topological polar surface area (TPSA) is 52.6 Å². The van der Waals surface area contributed by atoms with E-state index in [1.54, 1.807) is 0 Å². The molecule has 1 heterocycles. The molecule has 0 radical (unpaired) electrons. The van der Waals surface area contributed by atoms with Gasteiger partial charge in [0.2, 0.25) is 0 Å². The Bertz CT molecular complexity index is 321. The van der Waals surface area contributed by atoms with E-state index in [0.29, 0.717) is 12.5 Å². The molecule has 2 rings (SSSR count). The largest absolute Gasteiger partial charge is 0.417 e. The summed E-state index contributed by atoms with van der Waals surface area (Å²) in [6.07, 6.45) is -3.31. The summed E-state index contributed by atoms with van der Waals surface area (Å²) >= 11 is 0. The summed E-state index contributed by atoms with van der Waals surface area (Å²) < 4.78 is 37.6. The first-order valence-corrected chi connectivity index (χ1v) is 6.14. The van der Waals surface area contributed by atoms with E-state index in [1.807, 2.05) is 0 Å². The molecule has 0 unspecified atom stereocenters. The number of halogens is 3. The zero-order valence-corrected chi connectivity index (χ0v) is 9.96. The van der Waals surface area contributed by atoms with Gasteiger partial charge in [0.25, 0.3) is 0 Å². The Morgan fingerprint density at radius 1 is 1.33 bits per heavy atom. The van der Waals surface area contributed by atoms with Crippen LogP contribution in [0.4, 0.5) is 18.0 Å². The van der Waals surface area contributed by atoms with Crippen molar-refractivity contribution in [2.45, 2.75) is 37.5 Å². The lowest BCUT2D eigenvalue weighted by atomic mass is 9.91. The van der Waals surface area contributed by atoms with Gasteiger partial charge in [-0.1, -0.05) is 0 Å². The first-order valence-electron chi connectivity index (χ1n) is 6.14. The number of nitrogens with zero attached hydrogens (tertiary/aromatic N) is 1. The van der Waals surface area contributed by atoms with Crippen molar-refractivity contribution < 1.29 is 23.1 Å². The van der Waals surface area contributed by atoms with Crippen molar-refractivity contribution >= 4 is 6.03 Å². The van der Waals surface area contributed by atoms with Crippen molar-refractivity contribution in [3.05, 3.63) is 0 Å². The van der Waals surface area contributed by atoms with Gasteiger partial charge >= 0.3 is 12.2 Å². The zero-order valence-electron chi connectivity index (χ0n) is 9.96. The van der Waals surface area contributed by atoms with Crippen LogP contribution < -0.4 is 5.32 Å². The van der Waals surface area contributed by atoms with Crippen molar-refractivity contribution in [1.29, 1.82) is 0 Å². The Hall–Kier alpha value is -0.980. The zero-order chi connectivity index (χ0) is 13.4. The van der Waals surface area contributed by atoms with E-state index in [4.69, 9.17) is 0 Å². The summed E-state index contributed by atoms with van der Waals surface area (Å²) in [5.74, 6) is 0.533. The van der Waals surface area contributed by atoms with Crippen molar-refractivity contribution in [3.63, 3.8) is 0 Å². The highest BCUT2D eigenvalue weighted by Gasteiger charge is 2.54. The van der Waals surface area contributed by atoms with Crippen LogP contribution in [0.2, 0.25) is 0 Å². The van der Waals surface area contributed by atoms with Gasteiger partial charge in [0.05, 0.1) is 0 Å². The summed E-state index contributed by atoms with van der Waals surface area (Å²) in [6, 6.07) is -0.328. The SMILES string of the molecule is O=C(NCC1CC1)N1CCC(O)(C(F)(F)F)CC1. The third-order valence-electron chi connectivity index (χ3n) is 3.64. The molecule has 7 heteroatoms.